The molecule has 0 bridgehead atoms. The topological polar surface area (TPSA) is 43.3 Å². The minimum Gasteiger partial charge on any atom is -0.454 e. The first-order valence-corrected chi connectivity index (χ1v) is 8.23. The first-order chi connectivity index (χ1) is 11.5. The van der Waals surface area contributed by atoms with Crippen LogP contribution in [0, 0.1) is 6.92 Å². The highest BCUT2D eigenvalue weighted by Crippen LogP contribution is 2.34. The van der Waals surface area contributed by atoms with Gasteiger partial charge in [0.1, 0.15) is 16.5 Å². The number of hydrogen-bond donors (Lipinski definition) is 0. The highest BCUT2D eigenvalue weighted by Gasteiger charge is 2.16. The van der Waals surface area contributed by atoms with E-state index in [1.165, 1.54) is 0 Å². The van der Waals surface area contributed by atoms with E-state index in [9.17, 15) is 0 Å². The number of halogens is 3. The Morgan fingerprint density at radius 2 is 1.79 bits per heavy atom. The summed E-state index contributed by atoms with van der Waals surface area (Å²) in [5.41, 5.74) is 2.83. The Kier molecular flexibility index (Phi) is 3.76. The highest BCUT2D eigenvalue weighted by atomic mass is 35.5. The summed E-state index contributed by atoms with van der Waals surface area (Å²) in [5, 5.41) is 6.06. The normalized spacial score (nSPS) is 11.3. The minimum absolute atomic E-state index is 0.529. The lowest BCUT2D eigenvalue weighted by Crippen LogP contribution is -1.94. The quantitative estimate of drug-likeness (QED) is 0.434. The second kappa shape index (κ2) is 5.81. The lowest BCUT2D eigenvalue weighted by Gasteiger charge is -2.03. The zero-order valence-corrected chi connectivity index (χ0v) is 14.7. The Balaban J connectivity index is 1.85. The lowest BCUT2D eigenvalue weighted by atomic mass is 10.2. The molecular formula is C17H10Cl3N3O. The van der Waals surface area contributed by atoms with Crippen LogP contribution in [0.15, 0.2) is 47.0 Å². The molecule has 0 fully saturated rings. The number of aryl methyl sites for hydroxylation is 1. The van der Waals surface area contributed by atoms with Crippen LogP contribution in [-0.4, -0.2) is 14.6 Å². The molecule has 3 heterocycles. The zero-order valence-electron chi connectivity index (χ0n) is 12.4. The van der Waals surface area contributed by atoms with Crippen molar-refractivity contribution in [2.75, 3.05) is 0 Å². The molecule has 24 heavy (non-hydrogen) atoms. The van der Waals surface area contributed by atoms with E-state index in [1.54, 1.807) is 22.8 Å². The van der Waals surface area contributed by atoms with Crippen molar-refractivity contribution in [3.8, 4) is 22.8 Å². The van der Waals surface area contributed by atoms with Gasteiger partial charge in [-0.1, -0.05) is 34.8 Å². The van der Waals surface area contributed by atoms with Crippen LogP contribution in [0.25, 0.3) is 28.4 Å². The van der Waals surface area contributed by atoms with E-state index < -0.39 is 0 Å². The molecule has 0 amide bonds. The van der Waals surface area contributed by atoms with Gasteiger partial charge in [0.2, 0.25) is 0 Å². The number of aromatic nitrogens is 3. The predicted octanol–water partition coefficient (Wildman–Crippen LogP) is 5.92. The lowest BCUT2D eigenvalue weighted by molar-refractivity contribution is 0.592. The maximum absolute atomic E-state index is 6.25. The van der Waals surface area contributed by atoms with E-state index in [0.717, 1.165) is 11.3 Å². The van der Waals surface area contributed by atoms with Crippen LogP contribution in [0.4, 0.5) is 0 Å². The number of nitrogens with zero attached hydrogens (tertiary/aromatic N) is 3. The van der Waals surface area contributed by atoms with Crippen LogP contribution in [0.5, 0.6) is 0 Å². The molecule has 3 aromatic heterocycles. The Labute approximate surface area is 152 Å². The van der Waals surface area contributed by atoms with Crippen molar-refractivity contribution in [1.82, 2.24) is 14.6 Å². The summed E-state index contributed by atoms with van der Waals surface area (Å²) < 4.78 is 7.64. The molecule has 0 saturated carbocycles. The predicted molar refractivity (Wildman–Crippen MR) is 95.9 cm³/mol. The molecule has 0 atom stereocenters. The van der Waals surface area contributed by atoms with Crippen LogP contribution in [-0.2, 0) is 0 Å². The SMILES string of the molecule is Cc1nn2c(-c3ccc(-c4ccc(Cl)cc4Cl)o3)ccnc2c1Cl. The molecule has 0 aliphatic rings. The molecule has 0 aliphatic heterocycles. The smallest absolute Gasteiger partial charge is 0.174 e. The fourth-order valence-corrected chi connectivity index (χ4v) is 3.19. The first kappa shape index (κ1) is 15.5. The minimum atomic E-state index is 0.529. The third kappa shape index (κ3) is 2.47. The Bertz CT molecular complexity index is 1070. The van der Waals surface area contributed by atoms with Gasteiger partial charge in [-0.3, -0.25) is 0 Å². The third-order valence-corrected chi connectivity index (χ3v) is 4.67. The average molecular weight is 379 g/mol. The van der Waals surface area contributed by atoms with Gasteiger partial charge >= 0.3 is 0 Å². The molecule has 0 radical (unpaired) electrons. The van der Waals surface area contributed by atoms with E-state index in [2.05, 4.69) is 10.1 Å². The van der Waals surface area contributed by atoms with Gasteiger partial charge in [0.25, 0.3) is 0 Å². The molecule has 0 unspecified atom stereocenters. The Morgan fingerprint density at radius 1 is 1.00 bits per heavy atom. The Morgan fingerprint density at radius 3 is 2.58 bits per heavy atom. The van der Waals surface area contributed by atoms with Crippen LogP contribution >= 0.6 is 34.8 Å². The molecular weight excluding hydrogens is 369 g/mol. The largest absolute Gasteiger partial charge is 0.454 e. The molecule has 4 aromatic rings. The molecule has 7 heteroatoms. The van der Waals surface area contributed by atoms with Gasteiger partial charge in [-0.25, -0.2) is 9.50 Å². The van der Waals surface area contributed by atoms with Gasteiger partial charge in [-0.2, -0.15) is 5.10 Å². The van der Waals surface area contributed by atoms with E-state index in [1.807, 2.05) is 31.2 Å². The van der Waals surface area contributed by atoms with Gasteiger partial charge < -0.3 is 4.42 Å². The maximum atomic E-state index is 6.25. The summed E-state index contributed by atoms with van der Waals surface area (Å²) in [6.07, 6.45) is 1.68. The number of rotatable bonds is 2. The number of fused-ring (bicyclic) bond motifs is 1. The van der Waals surface area contributed by atoms with Crippen molar-refractivity contribution < 1.29 is 4.42 Å². The fourth-order valence-electron chi connectivity index (χ4n) is 2.52. The van der Waals surface area contributed by atoms with Crippen LogP contribution in [0.3, 0.4) is 0 Å². The van der Waals surface area contributed by atoms with Crippen LogP contribution in [0.1, 0.15) is 5.69 Å². The van der Waals surface area contributed by atoms with Gasteiger partial charge in [0.15, 0.2) is 11.4 Å². The average Bonchev–Trinajstić information content (AvgIpc) is 3.13. The summed E-state index contributed by atoms with van der Waals surface area (Å²) in [4.78, 5) is 4.27. The van der Waals surface area contributed by atoms with E-state index >= 15 is 0 Å². The molecule has 4 rings (SSSR count). The van der Waals surface area contributed by atoms with Gasteiger partial charge in [-0.15, -0.1) is 0 Å². The standard InChI is InChI=1S/C17H10Cl3N3O/c1-9-16(20)17-21-7-6-13(23(17)22-9)15-5-4-14(24-15)11-3-2-10(18)8-12(11)19/h2-8H,1H3. The van der Waals surface area contributed by atoms with Crippen LogP contribution < -0.4 is 0 Å². The monoisotopic (exact) mass is 377 g/mol. The third-order valence-electron chi connectivity index (χ3n) is 3.68. The molecule has 1 aromatic carbocycles. The molecule has 0 saturated heterocycles. The molecule has 0 aliphatic carbocycles. The second-order valence-electron chi connectivity index (χ2n) is 5.25. The first-order valence-electron chi connectivity index (χ1n) is 7.10. The van der Waals surface area contributed by atoms with Gasteiger partial charge in [-0.05, 0) is 43.3 Å². The zero-order chi connectivity index (χ0) is 16.8. The van der Waals surface area contributed by atoms with Gasteiger partial charge in [0.05, 0.1) is 10.7 Å². The van der Waals surface area contributed by atoms with Crippen molar-refractivity contribution in [3.05, 3.63) is 63.4 Å². The summed E-state index contributed by atoms with van der Waals surface area (Å²) in [6.45, 7) is 1.84. The maximum Gasteiger partial charge on any atom is 0.174 e. The summed E-state index contributed by atoms with van der Waals surface area (Å²) in [7, 11) is 0. The summed E-state index contributed by atoms with van der Waals surface area (Å²) in [6, 6.07) is 10.8. The molecule has 120 valence electrons. The second-order valence-corrected chi connectivity index (χ2v) is 6.47. The number of furan rings is 1. The molecule has 0 spiro atoms. The fraction of sp³-hybridized carbons (Fsp3) is 0.0588. The van der Waals surface area contributed by atoms with Crippen molar-refractivity contribution in [2.24, 2.45) is 0 Å². The summed E-state index contributed by atoms with van der Waals surface area (Å²) in [5.74, 6) is 1.29. The number of hydrogen-bond acceptors (Lipinski definition) is 3. The van der Waals surface area contributed by atoms with Crippen LogP contribution in [0.2, 0.25) is 15.1 Å². The van der Waals surface area contributed by atoms with Crippen molar-refractivity contribution in [1.29, 1.82) is 0 Å². The van der Waals surface area contributed by atoms with E-state index in [-0.39, 0.29) is 0 Å². The molecule has 0 N–H and O–H groups in total. The van der Waals surface area contributed by atoms with Crippen molar-refractivity contribution in [2.45, 2.75) is 6.92 Å². The van der Waals surface area contributed by atoms with E-state index in [0.29, 0.717) is 37.9 Å². The highest BCUT2D eigenvalue weighted by molar-refractivity contribution is 6.36. The summed E-state index contributed by atoms with van der Waals surface area (Å²) >= 11 is 18.4. The van der Waals surface area contributed by atoms with Crippen molar-refractivity contribution >= 4 is 40.4 Å². The number of benzene rings is 1. The van der Waals surface area contributed by atoms with Crippen molar-refractivity contribution in [3.63, 3.8) is 0 Å². The van der Waals surface area contributed by atoms with E-state index in [4.69, 9.17) is 39.2 Å². The Hall–Kier alpha value is -2.01. The van der Waals surface area contributed by atoms with Gasteiger partial charge in [0, 0.05) is 16.8 Å². The molecule has 4 nitrogen and oxygen atoms in total.